The van der Waals surface area contributed by atoms with Crippen molar-refractivity contribution in [2.24, 2.45) is 0 Å². The van der Waals surface area contributed by atoms with Gasteiger partial charge in [-0.15, -0.1) is 11.3 Å². The molecule has 2 aromatic rings. The van der Waals surface area contributed by atoms with E-state index in [-0.39, 0.29) is 6.61 Å². The van der Waals surface area contributed by atoms with Gasteiger partial charge in [0.25, 0.3) is 0 Å². The van der Waals surface area contributed by atoms with Gasteiger partial charge in [0, 0.05) is 0 Å². The van der Waals surface area contributed by atoms with Gasteiger partial charge >= 0.3 is 0 Å². The standard InChI is InChI=1S/C7H5NS2.C3H8O2/c9-7-8-5-3-1-2-4-6(5)10-7;1-3(5)2-4/h1-4H,(H,8,9);3-5H,2H2,1H3. The smallest absolute Gasteiger partial charge is 0.159 e. The minimum Gasteiger partial charge on any atom is -0.394 e. The van der Waals surface area contributed by atoms with E-state index in [1.165, 1.54) is 11.6 Å². The van der Waals surface area contributed by atoms with Crippen molar-refractivity contribution in [2.75, 3.05) is 6.61 Å². The summed E-state index contributed by atoms with van der Waals surface area (Å²) < 4.78 is 2.08. The van der Waals surface area contributed by atoms with Gasteiger partial charge in [0.15, 0.2) is 3.95 Å². The number of para-hydroxylation sites is 1. The number of hydrogen-bond acceptors (Lipinski definition) is 4. The van der Waals surface area contributed by atoms with Crippen molar-refractivity contribution in [1.82, 2.24) is 4.98 Å². The first-order chi connectivity index (χ1) is 7.13. The van der Waals surface area contributed by atoms with Crippen LogP contribution in [0.25, 0.3) is 10.2 Å². The van der Waals surface area contributed by atoms with Crippen LogP contribution >= 0.6 is 23.6 Å². The third-order valence-electron chi connectivity index (χ3n) is 1.59. The van der Waals surface area contributed by atoms with E-state index in [4.69, 9.17) is 22.4 Å². The summed E-state index contributed by atoms with van der Waals surface area (Å²) in [6.07, 6.45) is -0.560. The maximum atomic E-state index is 8.11. The number of fused-ring (bicyclic) bond motifs is 1. The summed E-state index contributed by atoms with van der Waals surface area (Å²) in [6, 6.07) is 8.11. The molecular formula is C10H13NO2S2. The van der Waals surface area contributed by atoms with Crippen molar-refractivity contribution in [1.29, 1.82) is 0 Å². The molecule has 1 aromatic heterocycles. The predicted octanol–water partition coefficient (Wildman–Crippen LogP) is 2.32. The van der Waals surface area contributed by atoms with E-state index in [0.717, 1.165) is 9.47 Å². The second-order valence-electron chi connectivity index (χ2n) is 3.04. The van der Waals surface area contributed by atoms with Crippen LogP contribution in [0.2, 0.25) is 0 Å². The summed E-state index contributed by atoms with van der Waals surface area (Å²) >= 11 is 6.59. The van der Waals surface area contributed by atoms with Crippen LogP contribution in [-0.4, -0.2) is 27.9 Å². The van der Waals surface area contributed by atoms with Gasteiger partial charge < -0.3 is 15.2 Å². The van der Waals surface area contributed by atoms with E-state index in [0.29, 0.717) is 0 Å². The lowest BCUT2D eigenvalue weighted by atomic mass is 10.3. The molecule has 0 bridgehead atoms. The molecule has 0 saturated carbocycles. The van der Waals surface area contributed by atoms with E-state index >= 15 is 0 Å². The van der Waals surface area contributed by atoms with Crippen molar-refractivity contribution in [3.63, 3.8) is 0 Å². The molecule has 0 radical (unpaired) electrons. The van der Waals surface area contributed by atoms with Crippen LogP contribution < -0.4 is 0 Å². The molecule has 1 atom stereocenters. The number of aliphatic hydroxyl groups is 2. The average Bonchev–Trinajstić information content (AvgIpc) is 2.58. The molecule has 3 nitrogen and oxygen atoms in total. The Balaban J connectivity index is 0.000000195. The molecule has 5 heteroatoms. The number of aromatic amines is 1. The van der Waals surface area contributed by atoms with Crippen molar-refractivity contribution in [3.8, 4) is 0 Å². The van der Waals surface area contributed by atoms with Crippen molar-refractivity contribution in [2.45, 2.75) is 13.0 Å². The van der Waals surface area contributed by atoms with Crippen molar-refractivity contribution in [3.05, 3.63) is 28.2 Å². The van der Waals surface area contributed by atoms with E-state index in [1.54, 1.807) is 11.3 Å². The summed E-state index contributed by atoms with van der Waals surface area (Å²) in [5.74, 6) is 0. The van der Waals surface area contributed by atoms with Gasteiger partial charge in [0.1, 0.15) is 0 Å². The summed E-state index contributed by atoms with van der Waals surface area (Å²) in [5.41, 5.74) is 1.14. The lowest BCUT2D eigenvalue weighted by Crippen LogP contribution is -2.03. The van der Waals surface area contributed by atoms with Crippen LogP contribution in [0, 0.1) is 3.95 Å². The largest absolute Gasteiger partial charge is 0.394 e. The Morgan fingerprint density at radius 3 is 2.60 bits per heavy atom. The Kier molecular flexibility index (Phi) is 4.90. The fourth-order valence-electron chi connectivity index (χ4n) is 0.894. The van der Waals surface area contributed by atoms with Gasteiger partial charge in [-0.05, 0) is 31.3 Å². The van der Waals surface area contributed by atoms with E-state index in [1.807, 2.05) is 18.2 Å². The molecule has 0 spiro atoms. The highest BCUT2D eigenvalue weighted by Crippen LogP contribution is 2.17. The molecule has 82 valence electrons. The van der Waals surface area contributed by atoms with E-state index in [9.17, 15) is 0 Å². The molecule has 1 unspecified atom stereocenters. The topological polar surface area (TPSA) is 56.2 Å². The molecule has 1 heterocycles. The second kappa shape index (κ2) is 5.97. The average molecular weight is 243 g/mol. The summed E-state index contributed by atoms with van der Waals surface area (Å²) in [4.78, 5) is 3.09. The van der Waals surface area contributed by atoms with Crippen LogP contribution in [0.1, 0.15) is 6.92 Å². The van der Waals surface area contributed by atoms with Crippen LogP contribution in [0.5, 0.6) is 0 Å². The van der Waals surface area contributed by atoms with Gasteiger partial charge in [-0.3, -0.25) is 0 Å². The number of hydrogen-bond donors (Lipinski definition) is 3. The third-order valence-corrected chi connectivity index (χ3v) is 2.81. The first-order valence-electron chi connectivity index (χ1n) is 4.50. The SMILES string of the molecule is CC(O)CO.S=c1[nH]c2ccccc2s1. The lowest BCUT2D eigenvalue weighted by molar-refractivity contribution is 0.110. The number of benzene rings is 1. The highest BCUT2D eigenvalue weighted by Gasteiger charge is 1.91. The third kappa shape index (κ3) is 4.09. The van der Waals surface area contributed by atoms with E-state index in [2.05, 4.69) is 11.1 Å². The highest BCUT2D eigenvalue weighted by atomic mass is 32.1. The zero-order chi connectivity index (χ0) is 11.3. The van der Waals surface area contributed by atoms with Gasteiger partial charge in [-0.1, -0.05) is 12.1 Å². The Hall–Kier alpha value is -0.750. The number of aliphatic hydroxyl groups excluding tert-OH is 2. The number of H-pyrrole nitrogens is 1. The molecule has 0 saturated heterocycles. The first kappa shape index (κ1) is 12.3. The number of thiazole rings is 1. The molecule has 2 rings (SSSR count). The molecule has 0 aliphatic carbocycles. The van der Waals surface area contributed by atoms with Crippen LogP contribution in [-0.2, 0) is 0 Å². The molecule has 15 heavy (non-hydrogen) atoms. The fraction of sp³-hybridized carbons (Fsp3) is 0.300. The Morgan fingerprint density at radius 2 is 2.07 bits per heavy atom. The van der Waals surface area contributed by atoms with Gasteiger partial charge in [-0.25, -0.2) is 0 Å². The maximum absolute atomic E-state index is 8.11. The summed E-state index contributed by atoms with van der Waals surface area (Å²) in [6.45, 7) is 1.39. The molecular weight excluding hydrogens is 230 g/mol. The number of aromatic nitrogens is 1. The lowest BCUT2D eigenvalue weighted by Gasteiger charge is -1.90. The molecule has 0 amide bonds. The van der Waals surface area contributed by atoms with Crippen LogP contribution in [0.15, 0.2) is 24.3 Å². The minimum atomic E-state index is -0.560. The summed E-state index contributed by atoms with van der Waals surface area (Å²) in [5, 5.41) is 16.0. The van der Waals surface area contributed by atoms with Crippen LogP contribution in [0.4, 0.5) is 0 Å². The predicted molar refractivity (Wildman–Crippen MR) is 65.8 cm³/mol. The van der Waals surface area contributed by atoms with Gasteiger partial charge in [0.05, 0.1) is 22.9 Å². The summed E-state index contributed by atoms with van der Waals surface area (Å²) in [7, 11) is 0. The number of rotatable bonds is 1. The zero-order valence-electron chi connectivity index (χ0n) is 8.30. The maximum Gasteiger partial charge on any atom is 0.159 e. The Bertz CT molecular complexity index is 425. The zero-order valence-corrected chi connectivity index (χ0v) is 9.94. The molecule has 0 aliphatic heterocycles. The number of nitrogens with one attached hydrogen (secondary N) is 1. The molecule has 0 aliphatic rings. The molecule has 3 N–H and O–H groups in total. The second-order valence-corrected chi connectivity index (χ2v) is 4.76. The Morgan fingerprint density at radius 1 is 1.47 bits per heavy atom. The quantitative estimate of drug-likeness (QED) is 0.674. The van der Waals surface area contributed by atoms with E-state index < -0.39 is 6.10 Å². The fourth-order valence-corrected chi connectivity index (χ4v) is 2.01. The highest BCUT2D eigenvalue weighted by molar-refractivity contribution is 7.73. The monoisotopic (exact) mass is 243 g/mol. The normalized spacial score (nSPS) is 11.9. The van der Waals surface area contributed by atoms with Gasteiger partial charge in [0.2, 0.25) is 0 Å². The van der Waals surface area contributed by atoms with Gasteiger partial charge in [-0.2, -0.15) is 0 Å². The van der Waals surface area contributed by atoms with Crippen molar-refractivity contribution >= 4 is 33.8 Å². The Labute approximate surface area is 97.0 Å². The van der Waals surface area contributed by atoms with Crippen molar-refractivity contribution < 1.29 is 10.2 Å². The molecule has 1 aromatic carbocycles. The first-order valence-corrected chi connectivity index (χ1v) is 5.72. The minimum absolute atomic E-state index is 0.139. The molecule has 0 fully saturated rings. The van der Waals surface area contributed by atoms with Crippen LogP contribution in [0.3, 0.4) is 0 Å².